The van der Waals surface area contributed by atoms with Gasteiger partial charge < -0.3 is 15.1 Å². The van der Waals surface area contributed by atoms with E-state index in [0.29, 0.717) is 11.4 Å². The van der Waals surface area contributed by atoms with E-state index in [1.165, 1.54) is 37.5 Å². The van der Waals surface area contributed by atoms with Gasteiger partial charge in [0, 0.05) is 18.7 Å². The van der Waals surface area contributed by atoms with E-state index in [2.05, 4.69) is 10.6 Å². The van der Waals surface area contributed by atoms with Gasteiger partial charge in [0.2, 0.25) is 11.8 Å². The van der Waals surface area contributed by atoms with Crippen molar-refractivity contribution in [2.75, 3.05) is 10.6 Å². The fourth-order valence-corrected chi connectivity index (χ4v) is 1.62. The second kappa shape index (κ2) is 6.51. The van der Waals surface area contributed by atoms with E-state index in [1.54, 1.807) is 12.1 Å². The predicted molar refractivity (Wildman–Crippen MR) is 77.1 cm³/mol. The number of carbonyl (C=O) groups excluding carboxylic acids is 2. The number of hydrogen-bond acceptors (Lipinski definition) is 3. The summed E-state index contributed by atoms with van der Waals surface area (Å²) in [6.45, 7) is 1.27. The van der Waals surface area contributed by atoms with Gasteiger partial charge in [-0.3, -0.25) is 9.59 Å². The zero-order valence-electron chi connectivity index (χ0n) is 11.2. The topological polar surface area (TPSA) is 71.3 Å². The Labute approximate surface area is 120 Å². The second-order valence-electron chi connectivity index (χ2n) is 4.21. The zero-order valence-corrected chi connectivity index (χ0v) is 11.2. The van der Waals surface area contributed by atoms with Crippen LogP contribution >= 0.6 is 0 Å². The van der Waals surface area contributed by atoms with Gasteiger partial charge in [-0.15, -0.1) is 0 Å². The number of furan rings is 1. The van der Waals surface area contributed by atoms with Gasteiger partial charge in [-0.05, 0) is 36.4 Å². The quantitative estimate of drug-likeness (QED) is 0.849. The van der Waals surface area contributed by atoms with E-state index in [-0.39, 0.29) is 5.69 Å². The van der Waals surface area contributed by atoms with E-state index in [4.69, 9.17) is 4.42 Å². The molecule has 0 radical (unpaired) electrons. The van der Waals surface area contributed by atoms with Crippen molar-refractivity contribution in [3.8, 4) is 0 Å². The number of rotatable bonds is 4. The van der Waals surface area contributed by atoms with Gasteiger partial charge in [0.05, 0.1) is 12.0 Å². The van der Waals surface area contributed by atoms with Crippen LogP contribution in [-0.4, -0.2) is 11.8 Å². The monoisotopic (exact) mass is 288 g/mol. The molecular weight excluding hydrogens is 275 g/mol. The Balaban J connectivity index is 2.05. The SMILES string of the molecule is CC(=O)Nc1cc(NC(=O)C=Cc2ccco2)ccc1F. The average Bonchev–Trinajstić information content (AvgIpc) is 2.93. The van der Waals surface area contributed by atoms with Crippen LogP contribution in [0.2, 0.25) is 0 Å². The molecule has 21 heavy (non-hydrogen) atoms. The minimum absolute atomic E-state index is 0.00955. The second-order valence-corrected chi connectivity index (χ2v) is 4.21. The number of amides is 2. The molecule has 0 unspecified atom stereocenters. The van der Waals surface area contributed by atoms with Crippen molar-refractivity contribution < 1.29 is 18.4 Å². The van der Waals surface area contributed by atoms with Crippen LogP contribution < -0.4 is 10.6 Å². The molecule has 0 spiro atoms. The van der Waals surface area contributed by atoms with Crippen molar-refractivity contribution in [3.63, 3.8) is 0 Å². The van der Waals surface area contributed by atoms with Gasteiger partial charge in [0.1, 0.15) is 11.6 Å². The molecule has 6 heteroatoms. The van der Waals surface area contributed by atoms with Crippen LogP contribution in [0.4, 0.5) is 15.8 Å². The molecule has 0 fully saturated rings. The normalized spacial score (nSPS) is 10.6. The molecule has 2 aromatic rings. The van der Waals surface area contributed by atoms with Crippen molar-refractivity contribution in [3.05, 3.63) is 54.2 Å². The minimum Gasteiger partial charge on any atom is -0.465 e. The number of hydrogen-bond donors (Lipinski definition) is 2. The molecule has 2 rings (SSSR count). The third-order valence-electron chi connectivity index (χ3n) is 2.49. The lowest BCUT2D eigenvalue weighted by Gasteiger charge is -2.07. The molecular formula is C15H13FN2O3. The van der Waals surface area contributed by atoms with Crippen molar-refractivity contribution in [1.29, 1.82) is 0 Å². The Morgan fingerprint density at radius 3 is 2.71 bits per heavy atom. The number of carbonyl (C=O) groups is 2. The van der Waals surface area contributed by atoms with Crippen LogP contribution in [0.1, 0.15) is 12.7 Å². The first-order valence-electron chi connectivity index (χ1n) is 6.14. The zero-order chi connectivity index (χ0) is 15.2. The Hall–Kier alpha value is -2.89. The van der Waals surface area contributed by atoms with E-state index in [9.17, 15) is 14.0 Å². The molecule has 0 aliphatic heterocycles. The maximum Gasteiger partial charge on any atom is 0.248 e. The summed E-state index contributed by atoms with van der Waals surface area (Å²) in [5.41, 5.74) is 0.379. The lowest BCUT2D eigenvalue weighted by atomic mass is 10.2. The van der Waals surface area contributed by atoms with Crippen molar-refractivity contribution in [2.24, 2.45) is 0 Å². The summed E-state index contributed by atoms with van der Waals surface area (Å²) >= 11 is 0. The minimum atomic E-state index is -0.575. The molecule has 0 aliphatic rings. The maximum absolute atomic E-state index is 13.4. The van der Waals surface area contributed by atoms with Crippen LogP contribution in [0.25, 0.3) is 6.08 Å². The number of anilines is 2. The maximum atomic E-state index is 13.4. The molecule has 1 heterocycles. The largest absolute Gasteiger partial charge is 0.465 e. The third-order valence-corrected chi connectivity index (χ3v) is 2.49. The summed E-state index contributed by atoms with van der Waals surface area (Å²) in [5.74, 6) is -0.820. The van der Waals surface area contributed by atoms with Crippen molar-refractivity contribution >= 4 is 29.3 Å². The average molecular weight is 288 g/mol. The molecule has 1 aromatic heterocycles. The molecule has 0 atom stereocenters. The van der Waals surface area contributed by atoms with E-state index in [0.717, 1.165) is 6.07 Å². The van der Waals surface area contributed by atoms with Crippen LogP contribution in [-0.2, 0) is 9.59 Å². The van der Waals surface area contributed by atoms with Gasteiger partial charge in [0.25, 0.3) is 0 Å². The van der Waals surface area contributed by atoms with Crippen LogP contribution in [0.15, 0.2) is 47.1 Å². The van der Waals surface area contributed by atoms with Crippen LogP contribution in [0, 0.1) is 5.82 Å². The third kappa shape index (κ3) is 4.31. The molecule has 2 amide bonds. The van der Waals surface area contributed by atoms with Gasteiger partial charge in [-0.1, -0.05) is 0 Å². The van der Waals surface area contributed by atoms with Crippen LogP contribution in [0.5, 0.6) is 0 Å². The highest BCUT2D eigenvalue weighted by atomic mass is 19.1. The Bertz CT molecular complexity index is 678. The number of halogens is 1. The number of benzene rings is 1. The van der Waals surface area contributed by atoms with Gasteiger partial charge in [-0.25, -0.2) is 4.39 Å². The molecule has 108 valence electrons. The highest BCUT2D eigenvalue weighted by Crippen LogP contribution is 2.19. The van der Waals surface area contributed by atoms with Gasteiger partial charge in [0.15, 0.2) is 0 Å². The molecule has 2 N–H and O–H groups in total. The summed E-state index contributed by atoms with van der Waals surface area (Å²) in [6.07, 6.45) is 4.30. The molecule has 0 bridgehead atoms. The van der Waals surface area contributed by atoms with Crippen molar-refractivity contribution in [1.82, 2.24) is 0 Å². The van der Waals surface area contributed by atoms with E-state index in [1.807, 2.05) is 0 Å². The Morgan fingerprint density at radius 2 is 2.05 bits per heavy atom. The Morgan fingerprint density at radius 1 is 1.24 bits per heavy atom. The molecule has 1 aromatic carbocycles. The Kier molecular flexibility index (Phi) is 4.50. The molecule has 5 nitrogen and oxygen atoms in total. The van der Waals surface area contributed by atoms with Crippen molar-refractivity contribution in [2.45, 2.75) is 6.92 Å². The standard InChI is InChI=1S/C15H13FN2O3/c1-10(19)17-14-9-11(4-6-13(14)16)18-15(20)7-5-12-3-2-8-21-12/h2-9H,1H3,(H,17,19)(H,18,20). The fourth-order valence-electron chi connectivity index (χ4n) is 1.62. The predicted octanol–water partition coefficient (Wildman–Crippen LogP) is 3.03. The smallest absolute Gasteiger partial charge is 0.248 e. The fraction of sp³-hybridized carbons (Fsp3) is 0.0667. The van der Waals surface area contributed by atoms with E-state index >= 15 is 0 Å². The first-order chi connectivity index (χ1) is 10.0. The lowest BCUT2D eigenvalue weighted by molar-refractivity contribution is -0.114. The molecule has 0 saturated heterocycles. The number of nitrogens with one attached hydrogen (secondary N) is 2. The molecule has 0 aliphatic carbocycles. The summed E-state index contributed by atoms with van der Waals surface area (Å²) < 4.78 is 18.5. The summed E-state index contributed by atoms with van der Waals surface area (Å²) in [7, 11) is 0. The highest BCUT2D eigenvalue weighted by Gasteiger charge is 2.06. The summed E-state index contributed by atoms with van der Waals surface area (Å²) in [6, 6.07) is 7.32. The lowest BCUT2D eigenvalue weighted by Crippen LogP contribution is -2.10. The first-order valence-corrected chi connectivity index (χ1v) is 6.14. The highest BCUT2D eigenvalue weighted by molar-refractivity contribution is 6.02. The molecule has 0 saturated carbocycles. The van der Waals surface area contributed by atoms with E-state index < -0.39 is 17.6 Å². The van der Waals surface area contributed by atoms with Gasteiger partial charge in [-0.2, -0.15) is 0 Å². The first kappa shape index (κ1) is 14.5. The summed E-state index contributed by atoms with van der Waals surface area (Å²) in [5, 5.41) is 4.90. The summed E-state index contributed by atoms with van der Waals surface area (Å²) in [4.78, 5) is 22.7. The van der Waals surface area contributed by atoms with Crippen LogP contribution in [0.3, 0.4) is 0 Å². The van der Waals surface area contributed by atoms with Gasteiger partial charge >= 0.3 is 0 Å².